The Hall–Kier alpha value is -2.12. The number of benzene rings is 1. The van der Waals surface area contributed by atoms with Gasteiger partial charge in [-0.2, -0.15) is 0 Å². The summed E-state index contributed by atoms with van der Waals surface area (Å²) < 4.78 is 18.5. The van der Waals surface area contributed by atoms with E-state index in [1.165, 1.54) is 0 Å². The number of hydrogen-bond donors (Lipinski definition) is 2. The highest BCUT2D eigenvalue weighted by atomic mass is 35.5. The number of nitrogens with two attached hydrogens (primary N) is 1. The second-order valence-corrected chi connectivity index (χ2v) is 9.29. The van der Waals surface area contributed by atoms with Crippen molar-refractivity contribution in [2.45, 2.75) is 58.4 Å². The zero-order valence-corrected chi connectivity index (χ0v) is 20.0. The van der Waals surface area contributed by atoms with Crippen LogP contribution in [-0.2, 0) is 11.2 Å². The molecular weight excluding hydrogens is 433 g/mol. The van der Waals surface area contributed by atoms with Gasteiger partial charge in [0.05, 0.1) is 6.33 Å². The van der Waals surface area contributed by atoms with Gasteiger partial charge in [0.1, 0.15) is 12.4 Å². The highest BCUT2D eigenvalue weighted by molar-refractivity contribution is 5.98. The molecule has 0 saturated carbocycles. The van der Waals surface area contributed by atoms with E-state index >= 15 is 0 Å². The summed E-state index contributed by atoms with van der Waals surface area (Å²) in [6, 6.07) is 5.30. The van der Waals surface area contributed by atoms with Gasteiger partial charge in [-0.05, 0) is 54.9 Å². The van der Waals surface area contributed by atoms with E-state index in [1.54, 1.807) is 12.1 Å². The van der Waals surface area contributed by atoms with Crippen molar-refractivity contribution in [2.75, 3.05) is 26.2 Å². The molecule has 1 saturated heterocycles. The van der Waals surface area contributed by atoms with Crippen molar-refractivity contribution in [2.24, 2.45) is 11.1 Å². The monoisotopic (exact) mass is 467 g/mol. The zero-order valence-electron chi connectivity index (χ0n) is 19.2. The topological polar surface area (TPSA) is 84.7 Å². The summed E-state index contributed by atoms with van der Waals surface area (Å²) >= 11 is 0. The Morgan fingerprint density at radius 2 is 2.03 bits per heavy atom. The number of carbonyl (C=O) groups is 2. The molecule has 0 bridgehead atoms. The normalized spacial score (nSPS) is 21.0. The van der Waals surface area contributed by atoms with E-state index in [9.17, 15) is 14.0 Å². The Morgan fingerprint density at radius 1 is 1.34 bits per heavy atom. The smallest absolute Gasteiger partial charge is 0.252 e. The minimum atomic E-state index is -0.549. The lowest BCUT2D eigenvalue weighted by molar-refractivity contribution is -0.133. The van der Waals surface area contributed by atoms with Crippen LogP contribution < -0.4 is 15.8 Å². The molecule has 6 nitrogen and oxygen atoms in total. The summed E-state index contributed by atoms with van der Waals surface area (Å²) in [6.45, 7) is 7.97. The number of amides is 2. The zero-order chi connectivity index (χ0) is 22.6. The van der Waals surface area contributed by atoms with Gasteiger partial charge in [-0.15, -0.1) is 12.4 Å². The van der Waals surface area contributed by atoms with Crippen LogP contribution in [-0.4, -0.2) is 48.5 Å². The Morgan fingerprint density at radius 3 is 2.62 bits per heavy atom. The predicted molar refractivity (Wildman–Crippen MR) is 126 cm³/mol. The number of nitrogens with one attached hydrogen (secondary N) is 1. The fourth-order valence-electron chi connectivity index (χ4n) is 4.72. The second kappa shape index (κ2) is 10.7. The first kappa shape index (κ1) is 26.1. The van der Waals surface area contributed by atoms with Crippen LogP contribution in [0.25, 0.3) is 0 Å². The third-order valence-corrected chi connectivity index (χ3v) is 6.96. The van der Waals surface area contributed by atoms with E-state index in [1.807, 2.05) is 17.9 Å². The number of halogens is 2. The minimum Gasteiger partial charge on any atom is -0.489 e. The number of hydrogen-bond acceptors (Lipinski definition) is 4. The lowest BCUT2D eigenvalue weighted by Crippen LogP contribution is -2.62. The SMILES string of the molecule is CCC1(C(C)(C)CC(=O)N2CCCC2)Cc2cc(OC/C(=C/F)CN)ccc2C(=O)N1.Cl. The molecule has 2 aliphatic heterocycles. The first-order chi connectivity index (χ1) is 14.7. The number of rotatable bonds is 8. The summed E-state index contributed by atoms with van der Waals surface area (Å²) in [5, 5.41) is 3.23. The van der Waals surface area contributed by atoms with Crippen molar-refractivity contribution in [1.82, 2.24) is 10.2 Å². The van der Waals surface area contributed by atoms with Gasteiger partial charge in [0.15, 0.2) is 0 Å². The van der Waals surface area contributed by atoms with E-state index < -0.39 is 11.0 Å². The molecule has 8 heteroatoms. The molecule has 32 heavy (non-hydrogen) atoms. The molecule has 1 aromatic rings. The standard InChI is InChI=1S/C24H34FN3O3.ClH/c1-4-24(23(2,3)13-21(29)28-9-5-6-10-28)12-18-11-19(31-16-17(14-25)15-26)7-8-20(18)22(30)27-24;/h7-8,11,14H,4-6,9-10,12-13,15-16,26H2,1-3H3,(H,27,30);1H/b17-14+;. The molecule has 0 radical (unpaired) electrons. The number of fused-ring (bicyclic) bond motifs is 1. The molecule has 3 N–H and O–H groups in total. The van der Waals surface area contributed by atoms with Crippen LogP contribution in [0.4, 0.5) is 4.39 Å². The Balaban J connectivity index is 0.00000363. The molecule has 1 aromatic carbocycles. The molecule has 1 unspecified atom stereocenters. The first-order valence-corrected chi connectivity index (χ1v) is 11.1. The van der Waals surface area contributed by atoms with Crippen molar-refractivity contribution >= 4 is 24.2 Å². The van der Waals surface area contributed by atoms with E-state index in [2.05, 4.69) is 19.2 Å². The summed E-state index contributed by atoms with van der Waals surface area (Å²) in [6.07, 6.45) is 4.26. The van der Waals surface area contributed by atoms with Gasteiger partial charge in [0.2, 0.25) is 5.91 Å². The Labute approximate surface area is 196 Å². The molecule has 0 aliphatic carbocycles. The summed E-state index contributed by atoms with van der Waals surface area (Å²) in [5.74, 6) is 0.583. The summed E-state index contributed by atoms with van der Waals surface area (Å²) in [4.78, 5) is 27.8. The van der Waals surface area contributed by atoms with Crippen molar-refractivity contribution in [1.29, 1.82) is 0 Å². The molecule has 3 rings (SSSR count). The fraction of sp³-hybridized carbons (Fsp3) is 0.583. The quantitative estimate of drug-likeness (QED) is 0.609. The molecule has 178 valence electrons. The van der Waals surface area contributed by atoms with Crippen LogP contribution in [0.2, 0.25) is 0 Å². The van der Waals surface area contributed by atoms with E-state index in [4.69, 9.17) is 10.5 Å². The van der Waals surface area contributed by atoms with Crippen molar-refractivity contribution in [3.8, 4) is 5.75 Å². The lowest BCUT2D eigenvalue weighted by Gasteiger charge is -2.49. The molecule has 2 aliphatic rings. The molecular formula is C24H35ClFN3O3. The van der Waals surface area contributed by atoms with Gasteiger partial charge in [0, 0.05) is 42.7 Å². The van der Waals surface area contributed by atoms with Crippen LogP contribution >= 0.6 is 12.4 Å². The van der Waals surface area contributed by atoms with Crippen molar-refractivity contribution in [3.63, 3.8) is 0 Å². The van der Waals surface area contributed by atoms with Gasteiger partial charge in [0.25, 0.3) is 5.91 Å². The third-order valence-electron chi connectivity index (χ3n) is 6.96. The molecule has 2 heterocycles. The number of carbonyl (C=O) groups excluding carboxylic acids is 2. The maximum Gasteiger partial charge on any atom is 0.252 e. The molecule has 0 spiro atoms. The maximum absolute atomic E-state index is 13.0. The van der Waals surface area contributed by atoms with Gasteiger partial charge in [-0.1, -0.05) is 20.8 Å². The lowest BCUT2D eigenvalue weighted by atomic mass is 9.63. The third kappa shape index (κ3) is 5.26. The molecule has 2 amide bonds. The van der Waals surface area contributed by atoms with E-state index in [-0.39, 0.29) is 37.4 Å². The van der Waals surface area contributed by atoms with Crippen LogP contribution in [0.15, 0.2) is 30.1 Å². The van der Waals surface area contributed by atoms with Gasteiger partial charge in [-0.3, -0.25) is 9.59 Å². The number of nitrogens with zero attached hydrogens (tertiary/aromatic N) is 1. The second-order valence-electron chi connectivity index (χ2n) is 9.29. The Bertz CT molecular complexity index is 868. The van der Waals surface area contributed by atoms with E-state index in [0.29, 0.717) is 42.5 Å². The van der Waals surface area contributed by atoms with Crippen molar-refractivity contribution in [3.05, 3.63) is 41.2 Å². The molecule has 1 fully saturated rings. The summed E-state index contributed by atoms with van der Waals surface area (Å²) in [7, 11) is 0. The van der Waals surface area contributed by atoms with Crippen LogP contribution in [0.5, 0.6) is 5.75 Å². The predicted octanol–water partition coefficient (Wildman–Crippen LogP) is 3.77. The summed E-state index contributed by atoms with van der Waals surface area (Å²) in [5.41, 5.74) is 6.35. The fourth-order valence-corrected chi connectivity index (χ4v) is 4.72. The number of likely N-dealkylation sites (tertiary alicyclic amines) is 1. The number of ether oxygens (including phenoxy) is 1. The molecule has 1 atom stereocenters. The van der Waals surface area contributed by atoms with Crippen molar-refractivity contribution < 1.29 is 18.7 Å². The average Bonchev–Trinajstić information content (AvgIpc) is 3.29. The Kier molecular flexibility index (Phi) is 8.71. The first-order valence-electron chi connectivity index (χ1n) is 11.1. The van der Waals surface area contributed by atoms with Gasteiger partial charge < -0.3 is 20.7 Å². The largest absolute Gasteiger partial charge is 0.489 e. The van der Waals surface area contributed by atoms with E-state index in [0.717, 1.165) is 31.5 Å². The maximum atomic E-state index is 13.0. The molecule has 0 aromatic heterocycles. The minimum absolute atomic E-state index is 0. The van der Waals surface area contributed by atoms with Crippen LogP contribution in [0, 0.1) is 5.41 Å². The van der Waals surface area contributed by atoms with Crippen LogP contribution in [0.3, 0.4) is 0 Å². The highest BCUT2D eigenvalue weighted by Gasteiger charge is 2.49. The highest BCUT2D eigenvalue weighted by Crippen LogP contribution is 2.43. The average molecular weight is 468 g/mol. The van der Waals surface area contributed by atoms with Gasteiger partial charge in [-0.25, -0.2) is 4.39 Å². The van der Waals surface area contributed by atoms with Gasteiger partial charge >= 0.3 is 0 Å². The van der Waals surface area contributed by atoms with Crippen LogP contribution in [0.1, 0.15) is 62.4 Å².